The minimum atomic E-state index is -0.257. The number of aryl methyl sites for hydroxylation is 2. The SMILES string of the molecule is CCc1nc(NC(=O)c2sc3nnccc3c2N)sc1C. The highest BCUT2D eigenvalue weighted by atomic mass is 32.1. The van der Waals surface area contributed by atoms with E-state index in [4.69, 9.17) is 5.73 Å². The van der Waals surface area contributed by atoms with Crippen LogP contribution >= 0.6 is 22.7 Å². The fourth-order valence-electron chi connectivity index (χ4n) is 2.01. The summed E-state index contributed by atoms with van der Waals surface area (Å²) in [6, 6.07) is 1.76. The number of rotatable bonds is 3. The van der Waals surface area contributed by atoms with Crippen molar-refractivity contribution in [3.8, 4) is 0 Å². The summed E-state index contributed by atoms with van der Waals surface area (Å²) in [5.41, 5.74) is 7.46. The highest BCUT2D eigenvalue weighted by Crippen LogP contribution is 2.32. The number of fused-ring (bicyclic) bond motifs is 1. The Kier molecular flexibility index (Phi) is 3.56. The van der Waals surface area contributed by atoms with Crippen LogP contribution in [0.3, 0.4) is 0 Å². The molecule has 0 aliphatic rings. The van der Waals surface area contributed by atoms with Crippen LogP contribution in [0.15, 0.2) is 12.3 Å². The van der Waals surface area contributed by atoms with Gasteiger partial charge in [0.25, 0.3) is 5.91 Å². The number of thiazole rings is 1. The average Bonchev–Trinajstić information content (AvgIpc) is 3.00. The zero-order valence-corrected chi connectivity index (χ0v) is 13.1. The maximum absolute atomic E-state index is 12.4. The van der Waals surface area contributed by atoms with Gasteiger partial charge in [-0.05, 0) is 19.4 Å². The van der Waals surface area contributed by atoms with Gasteiger partial charge in [-0.2, -0.15) is 5.10 Å². The second kappa shape index (κ2) is 5.38. The predicted molar refractivity (Wildman–Crippen MR) is 86.0 cm³/mol. The van der Waals surface area contributed by atoms with E-state index in [0.717, 1.165) is 22.4 Å². The topological polar surface area (TPSA) is 93.8 Å². The number of amides is 1. The zero-order valence-electron chi connectivity index (χ0n) is 11.5. The van der Waals surface area contributed by atoms with Gasteiger partial charge >= 0.3 is 0 Å². The largest absolute Gasteiger partial charge is 0.397 e. The molecule has 0 saturated heterocycles. The Morgan fingerprint density at radius 2 is 2.24 bits per heavy atom. The summed E-state index contributed by atoms with van der Waals surface area (Å²) in [6.45, 7) is 4.03. The second-order valence-corrected chi connectivity index (χ2v) is 6.63. The molecule has 0 atom stereocenters. The Hall–Kier alpha value is -2.06. The predicted octanol–water partition coefficient (Wildman–Crippen LogP) is 2.85. The molecule has 8 heteroatoms. The van der Waals surface area contributed by atoms with Crippen LogP contribution < -0.4 is 11.1 Å². The van der Waals surface area contributed by atoms with E-state index in [1.54, 1.807) is 12.3 Å². The number of nitrogens with two attached hydrogens (primary N) is 1. The van der Waals surface area contributed by atoms with Gasteiger partial charge in [-0.1, -0.05) is 6.92 Å². The lowest BCUT2D eigenvalue weighted by Crippen LogP contribution is -2.11. The van der Waals surface area contributed by atoms with Gasteiger partial charge in [0.05, 0.1) is 17.6 Å². The number of thiophene rings is 1. The third-order valence-corrected chi connectivity index (χ3v) is 5.11. The van der Waals surface area contributed by atoms with Gasteiger partial charge in [0, 0.05) is 10.3 Å². The van der Waals surface area contributed by atoms with Gasteiger partial charge in [0.15, 0.2) is 5.13 Å². The van der Waals surface area contributed by atoms with Crippen LogP contribution in [-0.2, 0) is 6.42 Å². The van der Waals surface area contributed by atoms with E-state index in [0.29, 0.717) is 20.5 Å². The summed E-state index contributed by atoms with van der Waals surface area (Å²) in [5, 5.41) is 11.9. The average molecular weight is 319 g/mol. The molecule has 0 aromatic carbocycles. The molecule has 0 unspecified atom stereocenters. The Balaban J connectivity index is 1.91. The summed E-state index contributed by atoms with van der Waals surface area (Å²) in [4.78, 5) is 19.0. The molecule has 21 heavy (non-hydrogen) atoms. The maximum atomic E-state index is 12.4. The number of nitrogens with one attached hydrogen (secondary N) is 1. The van der Waals surface area contributed by atoms with Gasteiger partial charge in [0.2, 0.25) is 0 Å². The number of carbonyl (C=O) groups is 1. The van der Waals surface area contributed by atoms with Crippen molar-refractivity contribution in [2.75, 3.05) is 11.1 Å². The van der Waals surface area contributed by atoms with Crippen LogP contribution in [0.2, 0.25) is 0 Å². The van der Waals surface area contributed by atoms with Crippen molar-refractivity contribution in [2.45, 2.75) is 20.3 Å². The minimum absolute atomic E-state index is 0.257. The molecule has 3 aromatic rings. The number of nitrogens with zero attached hydrogens (tertiary/aromatic N) is 3. The monoisotopic (exact) mass is 319 g/mol. The quantitative estimate of drug-likeness (QED) is 0.774. The normalized spacial score (nSPS) is 11.0. The van der Waals surface area contributed by atoms with Gasteiger partial charge < -0.3 is 5.73 Å². The lowest BCUT2D eigenvalue weighted by Gasteiger charge is -1.99. The van der Waals surface area contributed by atoms with Crippen molar-refractivity contribution in [3.63, 3.8) is 0 Å². The third kappa shape index (κ3) is 2.47. The Bertz CT molecular complexity index is 823. The zero-order chi connectivity index (χ0) is 15.0. The molecular formula is C13H13N5OS2. The van der Waals surface area contributed by atoms with Crippen LogP contribution in [0.4, 0.5) is 10.8 Å². The summed E-state index contributed by atoms with van der Waals surface area (Å²) in [7, 11) is 0. The smallest absolute Gasteiger partial charge is 0.269 e. The molecule has 3 heterocycles. The second-order valence-electron chi connectivity index (χ2n) is 4.42. The summed E-state index contributed by atoms with van der Waals surface area (Å²) < 4.78 is 0. The molecule has 0 fully saturated rings. The van der Waals surface area contributed by atoms with Crippen LogP contribution in [-0.4, -0.2) is 21.1 Å². The molecule has 3 aromatic heterocycles. The molecule has 0 bridgehead atoms. The molecule has 0 spiro atoms. The Labute approximate surface area is 129 Å². The molecular weight excluding hydrogens is 306 g/mol. The fourth-order valence-corrected chi connectivity index (χ4v) is 3.84. The first kappa shape index (κ1) is 13.9. The highest BCUT2D eigenvalue weighted by Gasteiger charge is 2.18. The molecule has 3 rings (SSSR count). The molecule has 108 valence electrons. The van der Waals surface area contributed by atoms with E-state index in [9.17, 15) is 4.79 Å². The van der Waals surface area contributed by atoms with Crippen molar-refractivity contribution in [1.29, 1.82) is 0 Å². The van der Waals surface area contributed by atoms with Gasteiger partial charge in [-0.3, -0.25) is 10.1 Å². The Morgan fingerprint density at radius 1 is 1.43 bits per heavy atom. The molecule has 3 N–H and O–H groups in total. The number of anilines is 2. The van der Waals surface area contributed by atoms with E-state index in [2.05, 4.69) is 20.5 Å². The molecule has 0 aliphatic heterocycles. The Morgan fingerprint density at radius 3 is 2.90 bits per heavy atom. The van der Waals surface area contributed by atoms with E-state index in [1.165, 1.54) is 22.7 Å². The molecule has 1 amide bonds. The van der Waals surface area contributed by atoms with Crippen molar-refractivity contribution in [2.24, 2.45) is 0 Å². The van der Waals surface area contributed by atoms with Crippen molar-refractivity contribution >= 4 is 49.6 Å². The number of carbonyl (C=O) groups excluding carboxylic acids is 1. The standard InChI is InChI=1S/C13H13N5OS2/c1-3-8-6(2)20-13(16-8)17-11(19)10-9(14)7-4-5-15-18-12(7)21-10/h4-5H,3,14H2,1-2H3,(H,16,17,19). The number of aromatic nitrogens is 3. The maximum Gasteiger partial charge on any atom is 0.269 e. The number of hydrogen-bond acceptors (Lipinski definition) is 7. The molecule has 0 aliphatic carbocycles. The van der Waals surface area contributed by atoms with Crippen molar-refractivity contribution in [1.82, 2.24) is 15.2 Å². The highest BCUT2D eigenvalue weighted by molar-refractivity contribution is 7.21. The summed E-state index contributed by atoms with van der Waals surface area (Å²) >= 11 is 2.70. The van der Waals surface area contributed by atoms with E-state index < -0.39 is 0 Å². The summed E-state index contributed by atoms with van der Waals surface area (Å²) in [5.74, 6) is -0.257. The number of nitrogen functional groups attached to an aromatic ring is 1. The van der Waals surface area contributed by atoms with Gasteiger partial charge in [-0.15, -0.1) is 27.8 Å². The third-order valence-electron chi connectivity index (χ3n) is 3.07. The lowest BCUT2D eigenvalue weighted by molar-refractivity contribution is 0.103. The van der Waals surface area contributed by atoms with Crippen LogP contribution in [0, 0.1) is 6.92 Å². The van der Waals surface area contributed by atoms with Crippen LogP contribution in [0.5, 0.6) is 0 Å². The van der Waals surface area contributed by atoms with Gasteiger partial charge in [0.1, 0.15) is 9.71 Å². The van der Waals surface area contributed by atoms with Crippen LogP contribution in [0.25, 0.3) is 10.2 Å². The fraction of sp³-hybridized carbons (Fsp3) is 0.231. The first-order valence-electron chi connectivity index (χ1n) is 6.37. The molecule has 0 saturated carbocycles. The van der Waals surface area contributed by atoms with Crippen LogP contribution in [0.1, 0.15) is 27.2 Å². The van der Waals surface area contributed by atoms with E-state index in [1.807, 2.05) is 13.8 Å². The minimum Gasteiger partial charge on any atom is -0.397 e. The molecule has 6 nitrogen and oxygen atoms in total. The van der Waals surface area contributed by atoms with Gasteiger partial charge in [-0.25, -0.2) is 4.98 Å². The number of hydrogen-bond donors (Lipinski definition) is 2. The first-order valence-corrected chi connectivity index (χ1v) is 8.00. The van der Waals surface area contributed by atoms with Crippen molar-refractivity contribution in [3.05, 3.63) is 27.7 Å². The van der Waals surface area contributed by atoms with E-state index in [-0.39, 0.29) is 5.91 Å². The summed E-state index contributed by atoms with van der Waals surface area (Å²) in [6.07, 6.45) is 2.41. The lowest BCUT2D eigenvalue weighted by atomic mass is 10.3. The van der Waals surface area contributed by atoms with E-state index >= 15 is 0 Å². The molecule has 0 radical (unpaired) electrons. The first-order chi connectivity index (χ1) is 10.1. The van der Waals surface area contributed by atoms with Crippen molar-refractivity contribution < 1.29 is 4.79 Å².